The molecule has 2 N–H and O–H groups in total. The second-order valence-corrected chi connectivity index (χ2v) is 3.18. The van der Waals surface area contributed by atoms with Gasteiger partial charge in [0.15, 0.2) is 11.6 Å². The van der Waals surface area contributed by atoms with Crippen LogP contribution in [0.25, 0.3) is 0 Å². The van der Waals surface area contributed by atoms with Crippen molar-refractivity contribution in [3.05, 3.63) is 27.7 Å². The van der Waals surface area contributed by atoms with E-state index in [4.69, 9.17) is 10.5 Å². The monoisotopic (exact) mass is 251 g/mol. The van der Waals surface area contributed by atoms with Crippen LogP contribution in [0.4, 0.5) is 8.78 Å². The van der Waals surface area contributed by atoms with Gasteiger partial charge in [-0.1, -0.05) is 0 Å². The van der Waals surface area contributed by atoms with Gasteiger partial charge in [-0.25, -0.2) is 8.78 Å². The third kappa shape index (κ3) is 1.81. The Bertz CT molecular complexity index is 330. The van der Waals surface area contributed by atoms with Crippen molar-refractivity contribution in [3.63, 3.8) is 0 Å². The largest absolute Gasteiger partial charge is 0.495 e. The van der Waals surface area contributed by atoms with Crippen LogP contribution < -0.4 is 10.5 Å². The maximum atomic E-state index is 13.0. The predicted octanol–water partition coefficient (Wildman–Crippen LogP) is 2.19. The molecule has 0 fully saturated rings. The molecule has 0 amide bonds. The van der Waals surface area contributed by atoms with Gasteiger partial charge in [0, 0.05) is 12.1 Å². The molecule has 0 aliphatic carbocycles. The highest BCUT2D eigenvalue weighted by molar-refractivity contribution is 9.10. The lowest BCUT2D eigenvalue weighted by molar-refractivity contribution is 0.396. The summed E-state index contributed by atoms with van der Waals surface area (Å²) >= 11 is 2.89. The molecule has 0 radical (unpaired) electrons. The Morgan fingerprint density at radius 3 is 2.62 bits per heavy atom. The molecule has 0 aliphatic heterocycles. The molecule has 0 aliphatic rings. The summed E-state index contributed by atoms with van der Waals surface area (Å²) in [6, 6.07) is 1.03. The predicted molar refractivity (Wildman–Crippen MR) is 48.5 cm³/mol. The van der Waals surface area contributed by atoms with E-state index in [-0.39, 0.29) is 16.8 Å². The number of ether oxygens (including phenoxy) is 1. The third-order valence-corrected chi connectivity index (χ3v) is 2.33. The fourth-order valence-electron chi connectivity index (χ4n) is 1.000. The van der Waals surface area contributed by atoms with Crippen LogP contribution in [0.5, 0.6) is 5.75 Å². The summed E-state index contributed by atoms with van der Waals surface area (Å²) in [5, 5.41) is 0. The zero-order valence-corrected chi connectivity index (χ0v) is 8.49. The molecule has 13 heavy (non-hydrogen) atoms. The first-order valence-corrected chi connectivity index (χ1v) is 4.31. The van der Waals surface area contributed by atoms with Crippen LogP contribution in [0.1, 0.15) is 5.56 Å². The first-order valence-electron chi connectivity index (χ1n) is 3.52. The standard InChI is InChI=1S/C8H8BrF2NO/c1-13-8-4(3-12)2-5(10)7(11)6(8)9/h2H,3,12H2,1H3. The van der Waals surface area contributed by atoms with Crippen LogP contribution in [0, 0.1) is 11.6 Å². The summed E-state index contributed by atoms with van der Waals surface area (Å²) in [5.41, 5.74) is 5.75. The molecular weight excluding hydrogens is 244 g/mol. The smallest absolute Gasteiger partial charge is 0.176 e. The van der Waals surface area contributed by atoms with Crippen molar-refractivity contribution in [2.24, 2.45) is 5.73 Å². The number of hydrogen-bond donors (Lipinski definition) is 1. The topological polar surface area (TPSA) is 35.2 Å². The van der Waals surface area contributed by atoms with Gasteiger partial charge in [0.2, 0.25) is 0 Å². The minimum absolute atomic E-state index is 0.0320. The summed E-state index contributed by atoms with van der Waals surface area (Å²) in [6.45, 7) is 0.0962. The van der Waals surface area contributed by atoms with E-state index in [1.807, 2.05) is 0 Å². The van der Waals surface area contributed by atoms with Gasteiger partial charge in [-0.15, -0.1) is 0 Å². The number of benzene rings is 1. The van der Waals surface area contributed by atoms with E-state index < -0.39 is 11.6 Å². The number of rotatable bonds is 2. The lowest BCUT2D eigenvalue weighted by Gasteiger charge is -2.09. The normalized spacial score (nSPS) is 10.2. The molecule has 0 atom stereocenters. The van der Waals surface area contributed by atoms with Gasteiger partial charge in [-0.3, -0.25) is 0 Å². The van der Waals surface area contributed by atoms with Crippen molar-refractivity contribution in [1.29, 1.82) is 0 Å². The lowest BCUT2D eigenvalue weighted by Crippen LogP contribution is -2.03. The zero-order valence-electron chi connectivity index (χ0n) is 6.90. The van der Waals surface area contributed by atoms with Crippen molar-refractivity contribution in [2.75, 3.05) is 7.11 Å². The quantitative estimate of drug-likeness (QED) is 0.819. The molecule has 0 saturated carbocycles. The fraction of sp³-hybridized carbons (Fsp3) is 0.250. The SMILES string of the molecule is COc1c(CN)cc(F)c(F)c1Br. The average Bonchev–Trinajstić information content (AvgIpc) is 2.13. The molecule has 0 spiro atoms. The van der Waals surface area contributed by atoms with Gasteiger partial charge in [0.05, 0.1) is 11.6 Å². The molecule has 0 saturated heterocycles. The second kappa shape index (κ2) is 4.02. The van der Waals surface area contributed by atoms with Gasteiger partial charge in [0.25, 0.3) is 0 Å². The fourth-order valence-corrected chi connectivity index (χ4v) is 1.61. The number of hydrogen-bond acceptors (Lipinski definition) is 2. The minimum atomic E-state index is -0.964. The minimum Gasteiger partial charge on any atom is -0.495 e. The third-order valence-electron chi connectivity index (χ3n) is 1.62. The summed E-state index contributed by atoms with van der Waals surface area (Å²) < 4.78 is 30.6. The Kier molecular flexibility index (Phi) is 3.22. The van der Waals surface area contributed by atoms with Gasteiger partial charge in [-0.05, 0) is 22.0 Å². The Labute approximate surface area is 82.8 Å². The summed E-state index contributed by atoms with van der Waals surface area (Å²) in [6.07, 6.45) is 0. The molecule has 0 heterocycles. The Balaban J connectivity index is 3.39. The maximum absolute atomic E-state index is 13.0. The second-order valence-electron chi connectivity index (χ2n) is 2.38. The van der Waals surface area contributed by atoms with E-state index in [0.717, 1.165) is 6.07 Å². The molecule has 0 aromatic heterocycles. The van der Waals surface area contributed by atoms with E-state index in [2.05, 4.69) is 15.9 Å². The molecule has 2 nitrogen and oxygen atoms in total. The Morgan fingerprint density at radius 2 is 2.15 bits per heavy atom. The van der Waals surface area contributed by atoms with Gasteiger partial charge in [0.1, 0.15) is 5.75 Å². The highest BCUT2D eigenvalue weighted by Gasteiger charge is 2.15. The highest BCUT2D eigenvalue weighted by atomic mass is 79.9. The van der Waals surface area contributed by atoms with E-state index in [0.29, 0.717) is 5.56 Å². The van der Waals surface area contributed by atoms with E-state index in [9.17, 15) is 8.78 Å². The number of halogens is 3. The summed E-state index contributed by atoms with van der Waals surface area (Å²) in [5.74, 6) is -1.66. The van der Waals surface area contributed by atoms with Crippen molar-refractivity contribution in [3.8, 4) is 5.75 Å². The molecule has 0 unspecified atom stereocenters. The highest BCUT2D eigenvalue weighted by Crippen LogP contribution is 2.32. The van der Waals surface area contributed by atoms with Gasteiger partial charge >= 0.3 is 0 Å². The van der Waals surface area contributed by atoms with Crippen molar-refractivity contribution >= 4 is 15.9 Å². The Morgan fingerprint density at radius 1 is 1.54 bits per heavy atom. The molecule has 1 rings (SSSR count). The van der Waals surface area contributed by atoms with Crippen molar-refractivity contribution < 1.29 is 13.5 Å². The molecule has 1 aromatic carbocycles. The molecule has 5 heteroatoms. The van der Waals surface area contributed by atoms with Crippen LogP contribution in [-0.4, -0.2) is 7.11 Å². The zero-order chi connectivity index (χ0) is 10.0. The van der Waals surface area contributed by atoms with E-state index in [1.54, 1.807) is 0 Å². The molecule has 1 aromatic rings. The van der Waals surface area contributed by atoms with Gasteiger partial charge < -0.3 is 10.5 Å². The molecular formula is C8H8BrF2NO. The molecule has 72 valence electrons. The summed E-state index contributed by atoms with van der Waals surface area (Å²) in [7, 11) is 1.37. The first-order chi connectivity index (χ1) is 6.11. The van der Waals surface area contributed by atoms with Gasteiger partial charge in [-0.2, -0.15) is 0 Å². The van der Waals surface area contributed by atoms with Crippen LogP contribution in [0.3, 0.4) is 0 Å². The lowest BCUT2D eigenvalue weighted by atomic mass is 10.2. The Hall–Kier alpha value is -0.680. The van der Waals surface area contributed by atoms with Crippen LogP contribution >= 0.6 is 15.9 Å². The maximum Gasteiger partial charge on any atom is 0.176 e. The van der Waals surface area contributed by atoms with Crippen LogP contribution in [-0.2, 0) is 6.54 Å². The number of methoxy groups -OCH3 is 1. The van der Waals surface area contributed by atoms with Crippen molar-refractivity contribution in [2.45, 2.75) is 6.54 Å². The summed E-state index contributed by atoms with van der Waals surface area (Å²) in [4.78, 5) is 0. The first kappa shape index (κ1) is 10.4. The number of nitrogens with two attached hydrogens (primary N) is 1. The van der Waals surface area contributed by atoms with E-state index >= 15 is 0 Å². The average molecular weight is 252 g/mol. The molecule has 0 bridgehead atoms. The van der Waals surface area contributed by atoms with Crippen LogP contribution in [0.15, 0.2) is 10.5 Å². The van der Waals surface area contributed by atoms with E-state index in [1.165, 1.54) is 7.11 Å². The van der Waals surface area contributed by atoms with Crippen LogP contribution in [0.2, 0.25) is 0 Å². The van der Waals surface area contributed by atoms with Crippen molar-refractivity contribution in [1.82, 2.24) is 0 Å².